The summed E-state index contributed by atoms with van der Waals surface area (Å²) in [5.41, 5.74) is 5.33. The lowest BCUT2D eigenvalue weighted by Crippen LogP contribution is -2.23. The molecule has 0 bridgehead atoms. The third-order valence-electron chi connectivity index (χ3n) is 3.85. The highest BCUT2D eigenvalue weighted by molar-refractivity contribution is 5.91. The topological polar surface area (TPSA) is 46.4 Å². The minimum absolute atomic E-state index is 0.0878. The van der Waals surface area contributed by atoms with Gasteiger partial charge >= 0.3 is 0 Å². The Labute approximate surface area is 141 Å². The Morgan fingerprint density at radius 2 is 1.96 bits per heavy atom. The molecule has 2 heterocycles. The van der Waals surface area contributed by atoms with Crippen molar-refractivity contribution in [1.29, 1.82) is 0 Å². The van der Waals surface area contributed by atoms with E-state index in [-0.39, 0.29) is 5.91 Å². The summed E-state index contributed by atoms with van der Waals surface area (Å²) < 4.78 is 2.00. The van der Waals surface area contributed by atoms with E-state index >= 15 is 0 Å². The van der Waals surface area contributed by atoms with Gasteiger partial charge in [-0.15, -0.1) is 0 Å². The number of rotatable bonds is 5. The van der Waals surface area contributed by atoms with Gasteiger partial charge in [-0.05, 0) is 43.2 Å². The fraction of sp³-hybridized carbons (Fsp3) is 0.200. The number of aryl methyl sites for hydroxylation is 2. The number of carbonyl (C=O) groups is 1. The third-order valence-corrected chi connectivity index (χ3v) is 3.85. The molecule has 1 N–H and O–H groups in total. The molecule has 0 unspecified atom stereocenters. The summed E-state index contributed by atoms with van der Waals surface area (Å²) in [6, 6.07) is 12.2. The van der Waals surface area contributed by atoms with Crippen molar-refractivity contribution in [3.8, 4) is 0 Å². The standard InChI is InChI=1S/C20H21N3O/c1-15-3-5-17(6-4-15)7-8-20(24)21-11-9-18-14-23-12-10-16(2)13-19(23)22-18/h3-8,10,12-14H,9,11H2,1-2H3,(H,21,24)/b8-7+. The van der Waals surface area contributed by atoms with Gasteiger partial charge in [-0.3, -0.25) is 4.79 Å². The van der Waals surface area contributed by atoms with Crippen molar-refractivity contribution in [2.45, 2.75) is 20.3 Å². The van der Waals surface area contributed by atoms with Gasteiger partial charge in [0.1, 0.15) is 5.65 Å². The highest BCUT2D eigenvalue weighted by Gasteiger charge is 2.02. The van der Waals surface area contributed by atoms with Gasteiger partial charge in [0.2, 0.25) is 5.91 Å². The Bertz CT molecular complexity index is 876. The van der Waals surface area contributed by atoms with Crippen molar-refractivity contribution >= 4 is 17.6 Å². The van der Waals surface area contributed by atoms with Crippen LogP contribution in [0.2, 0.25) is 0 Å². The maximum Gasteiger partial charge on any atom is 0.244 e. The first-order valence-electron chi connectivity index (χ1n) is 8.07. The number of aromatic nitrogens is 2. The molecule has 2 aromatic heterocycles. The van der Waals surface area contributed by atoms with Gasteiger partial charge in [-0.25, -0.2) is 4.98 Å². The summed E-state index contributed by atoms with van der Waals surface area (Å²) in [6.07, 6.45) is 8.11. The molecule has 122 valence electrons. The van der Waals surface area contributed by atoms with Crippen LogP contribution in [0.4, 0.5) is 0 Å². The van der Waals surface area contributed by atoms with Crippen LogP contribution in [0.1, 0.15) is 22.4 Å². The number of nitrogens with zero attached hydrogens (tertiary/aromatic N) is 2. The van der Waals surface area contributed by atoms with Crippen LogP contribution in [0, 0.1) is 13.8 Å². The van der Waals surface area contributed by atoms with Gasteiger partial charge in [-0.2, -0.15) is 0 Å². The van der Waals surface area contributed by atoms with Gasteiger partial charge in [0.05, 0.1) is 5.69 Å². The summed E-state index contributed by atoms with van der Waals surface area (Å²) in [5.74, 6) is -0.0878. The van der Waals surface area contributed by atoms with Crippen molar-refractivity contribution in [2.24, 2.45) is 0 Å². The molecule has 0 aliphatic rings. The predicted molar refractivity (Wildman–Crippen MR) is 96.9 cm³/mol. The normalized spacial score (nSPS) is 11.2. The highest BCUT2D eigenvalue weighted by atomic mass is 16.1. The number of fused-ring (bicyclic) bond motifs is 1. The minimum atomic E-state index is -0.0878. The van der Waals surface area contributed by atoms with E-state index in [2.05, 4.69) is 23.3 Å². The summed E-state index contributed by atoms with van der Waals surface area (Å²) >= 11 is 0. The summed E-state index contributed by atoms with van der Waals surface area (Å²) in [7, 11) is 0. The number of carbonyl (C=O) groups excluding carboxylic acids is 1. The molecular formula is C20H21N3O. The van der Waals surface area contributed by atoms with Crippen molar-refractivity contribution in [1.82, 2.24) is 14.7 Å². The van der Waals surface area contributed by atoms with E-state index < -0.39 is 0 Å². The second-order valence-corrected chi connectivity index (χ2v) is 5.99. The van der Waals surface area contributed by atoms with Crippen molar-refractivity contribution < 1.29 is 4.79 Å². The lowest BCUT2D eigenvalue weighted by Gasteiger charge is -2.00. The highest BCUT2D eigenvalue weighted by Crippen LogP contribution is 2.08. The summed E-state index contributed by atoms with van der Waals surface area (Å²) in [4.78, 5) is 16.4. The molecule has 4 nitrogen and oxygen atoms in total. The van der Waals surface area contributed by atoms with Crippen LogP contribution in [0.15, 0.2) is 54.9 Å². The Kier molecular flexibility index (Phi) is 4.75. The molecule has 0 fully saturated rings. The number of imidazole rings is 1. The number of nitrogens with one attached hydrogen (secondary N) is 1. The Morgan fingerprint density at radius 1 is 1.17 bits per heavy atom. The van der Waals surface area contributed by atoms with Crippen LogP contribution in [-0.4, -0.2) is 21.8 Å². The van der Waals surface area contributed by atoms with Gasteiger partial charge < -0.3 is 9.72 Å². The average Bonchev–Trinajstić information content (AvgIpc) is 2.96. The minimum Gasteiger partial charge on any atom is -0.352 e. The summed E-state index contributed by atoms with van der Waals surface area (Å²) in [5, 5.41) is 2.89. The van der Waals surface area contributed by atoms with Crippen LogP contribution in [0.5, 0.6) is 0 Å². The molecule has 24 heavy (non-hydrogen) atoms. The maximum atomic E-state index is 11.9. The lowest BCUT2D eigenvalue weighted by atomic mass is 10.1. The quantitative estimate of drug-likeness (QED) is 0.733. The second-order valence-electron chi connectivity index (χ2n) is 5.99. The zero-order valence-corrected chi connectivity index (χ0v) is 14.0. The Hall–Kier alpha value is -2.88. The molecule has 0 atom stereocenters. The first-order chi connectivity index (χ1) is 11.6. The monoisotopic (exact) mass is 319 g/mol. The molecule has 0 aliphatic carbocycles. The molecule has 0 saturated heterocycles. The van der Waals surface area contributed by atoms with Crippen LogP contribution in [0.25, 0.3) is 11.7 Å². The van der Waals surface area contributed by atoms with E-state index in [0.717, 1.165) is 16.9 Å². The first kappa shape index (κ1) is 16.0. The number of amides is 1. The van der Waals surface area contributed by atoms with Crippen LogP contribution in [-0.2, 0) is 11.2 Å². The zero-order chi connectivity index (χ0) is 16.9. The Balaban J connectivity index is 1.51. The van der Waals surface area contributed by atoms with Crippen LogP contribution in [0.3, 0.4) is 0 Å². The smallest absolute Gasteiger partial charge is 0.244 e. The van der Waals surface area contributed by atoms with E-state index in [1.165, 1.54) is 11.1 Å². The zero-order valence-electron chi connectivity index (χ0n) is 14.0. The molecule has 0 spiro atoms. The first-order valence-corrected chi connectivity index (χ1v) is 8.07. The van der Waals surface area contributed by atoms with Crippen LogP contribution < -0.4 is 5.32 Å². The molecule has 1 aromatic carbocycles. The molecule has 0 aliphatic heterocycles. The number of pyridine rings is 1. The van der Waals surface area contributed by atoms with E-state index in [1.807, 2.05) is 60.1 Å². The predicted octanol–water partition coefficient (Wildman–Crippen LogP) is 3.32. The molecule has 0 saturated carbocycles. The molecule has 3 rings (SSSR count). The van der Waals surface area contributed by atoms with E-state index in [0.29, 0.717) is 13.0 Å². The lowest BCUT2D eigenvalue weighted by molar-refractivity contribution is -0.116. The van der Waals surface area contributed by atoms with Gasteiger partial charge in [0, 0.05) is 31.4 Å². The van der Waals surface area contributed by atoms with Crippen molar-refractivity contribution in [3.63, 3.8) is 0 Å². The van der Waals surface area contributed by atoms with E-state index in [4.69, 9.17) is 0 Å². The molecule has 3 aromatic rings. The molecule has 1 amide bonds. The molecular weight excluding hydrogens is 298 g/mol. The van der Waals surface area contributed by atoms with Crippen molar-refractivity contribution in [3.05, 3.63) is 77.3 Å². The Morgan fingerprint density at radius 3 is 2.75 bits per heavy atom. The number of benzene rings is 1. The van der Waals surface area contributed by atoms with Gasteiger partial charge in [-0.1, -0.05) is 29.8 Å². The van der Waals surface area contributed by atoms with Gasteiger partial charge in [0.15, 0.2) is 0 Å². The maximum absolute atomic E-state index is 11.9. The van der Waals surface area contributed by atoms with Crippen molar-refractivity contribution in [2.75, 3.05) is 6.54 Å². The fourth-order valence-electron chi connectivity index (χ4n) is 2.48. The fourth-order valence-corrected chi connectivity index (χ4v) is 2.48. The van der Waals surface area contributed by atoms with Gasteiger partial charge in [0.25, 0.3) is 0 Å². The largest absolute Gasteiger partial charge is 0.352 e. The third kappa shape index (κ3) is 4.10. The average molecular weight is 319 g/mol. The number of hydrogen-bond donors (Lipinski definition) is 1. The SMILES string of the molecule is Cc1ccc(/C=C/C(=O)NCCc2cn3ccc(C)cc3n2)cc1. The van der Waals surface area contributed by atoms with E-state index in [9.17, 15) is 4.79 Å². The van der Waals surface area contributed by atoms with E-state index in [1.54, 1.807) is 6.08 Å². The molecule has 0 radical (unpaired) electrons. The van der Waals surface area contributed by atoms with Crippen LogP contribution >= 0.6 is 0 Å². The number of hydrogen-bond acceptors (Lipinski definition) is 2. The molecule has 4 heteroatoms. The summed E-state index contributed by atoms with van der Waals surface area (Å²) in [6.45, 7) is 4.66. The second kappa shape index (κ2) is 7.13.